The summed E-state index contributed by atoms with van der Waals surface area (Å²) < 4.78 is 5.31. The number of carbonyl (C=O) groups excluding carboxylic acids is 2. The third kappa shape index (κ3) is 10.8. The normalized spacial score (nSPS) is 14.7. The minimum atomic E-state index is -0.785. The van der Waals surface area contributed by atoms with Gasteiger partial charge in [-0.05, 0) is 39.5 Å². The Morgan fingerprint density at radius 3 is 2.42 bits per heavy atom. The highest BCUT2D eigenvalue weighted by molar-refractivity contribution is 8.76. The Hall–Kier alpha value is -1.09. The topological polar surface area (TPSA) is 95.9 Å². The molecule has 2 amide bonds. The second-order valence-corrected chi connectivity index (χ2v) is 9.98. The van der Waals surface area contributed by atoms with Crippen LogP contribution in [0.15, 0.2) is 0 Å². The first kappa shape index (κ1) is 23.0. The van der Waals surface area contributed by atoms with Gasteiger partial charge in [0.15, 0.2) is 0 Å². The number of likely N-dealkylation sites (tertiary alicyclic amines) is 1. The largest absolute Gasteiger partial charge is 0.481 e. The second-order valence-electron chi connectivity index (χ2n) is 7.28. The summed E-state index contributed by atoms with van der Waals surface area (Å²) in [5.41, 5.74) is -0.465. The Balaban J connectivity index is 1.95. The quantitative estimate of drug-likeness (QED) is 0.402. The zero-order chi connectivity index (χ0) is 19.6. The molecule has 9 heteroatoms. The van der Waals surface area contributed by atoms with Crippen molar-refractivity contribution in [1.29, 1.82) is 0 Å². The van der Waals surface area contributed by atoms with Gasteiger partial charge in [0.2, 0.25) is 5.91 Å². The molecule has 1 saturated heterocycles. The van der Waals surface area contributed by atoms with Crippen molar-refractivity contribution in [3.8, 4) is 0 Å². The number of carboxylic acids is 1. The zero-order valence-corrected chi connectivity index (χ0v) is 17.4. The molecule has 150 valence electrons. The number of aliphatic carboxylic acids is 1. The molecule has 7 nitrogen and oxygen atoms in total. The monoisotopic (exact) mass is 406 g/mol. The average Bonchev–Trinajstić information content (AvgIpc) is 2.46. The molecule has 0 unspecified atom stereocenters. The summed E-state index contributed by atoms with van der Waals surface area (Å²) in [7, 11) is 3.09. The van der Waals surface area contributed by atoms with Crippen LogP contribution in [-0.4, -0.2) is 64.7 Å². The molecular weight excluding hydrogens is 376 g/mol. The zero-order valence-electron chi connectivity index (χ0n) is 15.8. The maximum Gasteiger partial charge on any atom is 0.410 e. The predicted molar refractivity (Wildman–Crippen MR) is 105 cm³/mol. The van der Waals surface area contributed by atoms with Crippen molar-refractivity contribution >= 4 is 39.6 Å². The first-order valence-electron chi connectivity index (χ1n) is 8.88. The Labute approximate surface area is 163 Å². The van der Waals surface area contributed by atoms with E-state index in [4.69, 9.17) is 9.84 Å². The highest BCUT2D eigenvalue weighted by Gasteiger charge is 2.33. The number of amides is 2. The summed E-state index contributed by atoms with van der Waals surface area (Å²) >= 11 is 0. The summed E-state index contributed by atoms with van der Waals surface area (Å²) in [6, 6.07) is 0. The van der Waals surface area contributed by atoms with Crippen LogP contribution in [0.5, 0.6) is 0 Å². The van der Waals surface area contributed by atoms with Crippen LogP contribution in [0.4, 0.5) is 4.79 Å². The molecule has 0 atom stereocenters. The van der Waals surface area contributed by atoms with Crippen LogP contribution in [0.3, 0.4) is 0 Å². The molecule has 2 N–H and O–H groups in total. The Bertz CT molecular complexity index is 476. The molecule has 0 radical (unpaired) electrons. The molecule has 0 aromatic carbocycles. The van der Waals surface area contributed by atoms with Crippen LogP contribution >= 0.6 is 21.6 Å². The van der Waals surface area contributed by atoms with E-state index in [2.05, 4.69) is 5.32 Å². The van der Waals surface area contributed by atoms with Crippen molar-refractivity contribution in [3.05, 3.63) is 0 Å². The standard InChI is InChI=1S/C17H30N2O5S2/c1-17(2,3)24-16(23)19-11-13(12-19)5-4-6-14(20)18-8-10-26-25-9-7-15(21)22/h13H,4-12H2,1-3H3,(H,18,20)(H,21,22). The molecule has 0 aromatic heterocycles. The van der Waals surface area contributed by atoms with E-state index in [0.29, 0.717) is 37.7 Å². The van der Waals surface area contributed by atoms with E-state index in [-0.39, 0.29) is 18.4 Å². The number of rotatable bonds is 11. The average molecular weight is 407 g/mol. The van der Waals surface area contributed by atoms with Crippen LogP contribution in [0.25, 0.3) is 0 Å². The lowest BCUT2D eigenvalue weighted by Gasteiger charge is -2.39. The van der Waals surface area contributed by atoms with Crippen molar-refractivity contribution in [2.24, 2.45) is 5.92 Å². The summed E-state index contributed by atoms with van der Waals surface area (Å²) in [4.78, 5) is 35.6. The molecule has 1 fully saturated rings. The number of carbonyl (C=O) groups is 3. The lowest BCUT2D eigenvalue weighted by Crippen LogP contribution is -2.51. The van der Waals surface area contributed by atoms with Gasteiger partial charge in [-0.1, -0.05) is 21.6 Å². The number of hydrogen-bond donors (Lipinski definition) is 2. The van der Waals surface area contributed by atoms with E-state index in [1.807, 2.05) is 20.8 Å². The van der Waals surface area contributed by atoms with Crippen LogP contribution < -0.4 is 5.32 Å². The molecular formula is C17H30N2O5S2. The molecule has 1 aliphatic rings. The Kier molecular flexibility index (Phi) is 10.2. The van der Waals surface area contributed by atoms with E-state index in [1.54, 1.807) is 15.7 Å². The van der Waals surface area contributed by atoms with Gasteiger partial charge in [-0.15, -0.1) is 0 Å². The molecule has 0 saturated carbocycles. The molecule has 1 rings (SSSR count). The van der Waals surface area contributed by atoms with Gasteiger partial charge in [0.05, 0.1) is 6.42 Å². The van der Waals surface area contributed by atoms with E-state index < -0.39 is 11.6 Å². The smallest absolute Gasteiger partial charge is 0.410 e. The molecule has 1 heterocycles. The first-order valence-corrected chi connectivity index (χ1v) is 11.4. The van der Waals surface area contributed by atoms with Crippen LogP contribution in [0.2, 0.25) is 0 Å². The van der Waals surface area contributed by atoms with E-state index >= 15 is 0 Å². The minimum absolute atomic E-state index is 0.0458. The lowest BCUT2D eigenvalue weighted by molar-refractivity contribution is -0.136. The van der Waals surface area contributed by atoms with Gasteiger partial charge in [0.1, 0.15) is 5.60 Å². The summed E-state index contributed by atoms with van der Waals surface area (Å²) in [6.07, 6.45) is 2.16. The lowest BCUT2D eigenvalue weighted by atomic mass is 9.94. The summed E-state index contributed by atoms with van der Waals surface area (Å²) in [5.74, 6) is 1.06. The highest BCUT2D eigenvalue weighted by atomic mass is 33.1. The molecule has 0 aliphatic carbocycles. The predicted octanol–water partition coefficient (Wildman–Crippen LogP) is 3.00. The molecule has 0 spiro atoms. The van der Waals surface area contributed by atoms with Crippen LogP contribution in [0, 0.1) is 5.92 Å². The fourth-order valence-electron chi connectivity index (χ4n) is 2.35. The number of nitrogens with zero attached hydrogens (tertiary/aromatic N) is 1. The highest BCUT2D eigenvalue weighted by Crippen LogP contribution is 2.24. The number of hydrogen-bond acceptors (Lipinski definition) is 6. The maximum atomic E-state index is 11.8. The molecule has 0 aromatic rings. The fraction of sp³-hybridized carbons (Fsp3) is 0.824. The van der Waals surface area contributed by atoms with Gasteiger partial charge in [0, 0.05) is 37.6 Å². The van der Waals surface area contributed by atoms with Gasteiger partial charge >= 0.3 is 12.1 Å². The first-order chi connectivity index (χ1) is 12.2. The third-order valence-corrected chi connectivity index (χ3v) is 6.02. The third-order valence-electron chi connectivity index (χ3n) is 3.62. The van der Waals surface area contributed by atoms with Gasteiger partial charge in [-0.2, -0.15) is 0 Å². The van der Waals surface area contributed by atoms with Crippen molar-refractivity contribution in [3.63, 3.8) is 0 Å². The minimum Gasteiger partial charge on any atom is -0.481 e. The van der Waals surface area contributed by atoms with Gasteiger partial charge in [-0.3, -0.25) is 9.59 Å². The number of carboxylic acid groups (broad SMARTS) is 1. The maximum absolute atomic E-state index is 11.8. The summed E-state index contributed by atoms with van der Waals surface area (Å²) in [5, 5.41) is 11.4. The Morgan fingerprint density at radius 2 is 1.81 bits per heavy atom. The second kappa shape index (κ2) is 11.6. The van der Waals surface area contributed by atoms with Crippen LogP contribution in [-0.2, 0) is 14.3 Å². The van der Waals surface area contributed by atoms with Crippen LogP contribution in [0.1, 0.15) is 46.5 Å². The molecule has 26 heavy (non-hydrogen) atoms. The number of ether oxygens (including phenoxy) is 1. The fourth-order valence-corrected chi connectivity index (χ4v) is 4.23. The van der Waals surface area contributed by atoms with E-state index in [0.717, 1.165) is 18.6 Å². The number of nitrogens with one attached hydrogen (secondary N) is 1. The van der Waals surface area contributed by atoms with Crippen molar-refractivity contribution < 1.29 is 24.2 Å². The van der Waals surface area contributed by atoms with Gasteiger partial charge < -0.3 is 20.1 Å². The summed E-state index contributed by atoms with van der Waals surface area (Å²) in [6.45, 7) is 7.58. The Morgan fingerprint density at radius 1 is 1.15 bits per heavy atom. The molecule has 1 aliphatic heterocycles. The van der Waals surface area contributed by atoms with Crippen molar-refractivity contribution in [2.45, 2.75) is 52.1 Å². The van der Waals surface area contributed by atoms with E-state index in [9.17, 15) is 14.4 Å². The van der Waals surface area contributed by atoms with E-state index in [1.165, 1.54) is 10.8 Å². The van der Waals surface area contributed by atoms with Crippen molar-refractivity contribution in [2.75, 3.05) is 31.1 Å². The van der Waals surface area contributed by atoms with Crippen molar-refractivity contribution in [1.82, 2.24) is 10.2 Å². The molecule has 0 bridgehead atoms. The SMILES string of the molecule is CC(C)(C)OC(=O)N1CC(CCCC(=O)NCCSSCCC(=O)O)C1. The van der Waals surface area contributed by atoms with Gasteiger partial charge in [0.25, 0.3) is 0 Å². The van der Waals surface area contributed by atoms with Gasteiger partial charge in [-0.25, -0.2) is 4.79 Å².